The predicted octanol–water partition coefficient (Wildman–Crippen LogP) is -2.35. The van der Waals surface area contributed by atoms with Gasteiger partial charge in [0.2, 0.25) is 0 Å². The quantitative estimate of drug-likeness (QED) is 0.314. The molecule has 0 radical (unpaired) electrons. The average molecular weight is 190 g/mol. The van der Waals surface area contributed by atoms with Crippen LogP contribution in [0.1, 0.15) is 6.42 Å². The molecular weight excluding hydrogens is 172 g/mol. The molecule has 5 heteroatoms. The van der Waals surface area contributed by atoms with Crippen LogP contribution >= 0.6 is 0 Å². The van der Waals surface area contributed by atoms with Crippen molar-refractivity contribution in [2.45, 2.75) is 24.7 Å². The third-order valence-electron chi connectivity index (χ3n) is 2.27. The number of β-amino-alcohol motifs (C(OH)–C–C–N with tert-alkyl or cyclic N) is 1. The molecular formula is C8H18N2O3. The first-order valence-corrected chi connectivity index (χ1v) is 4.67. The zero-order chi connectivity index (χ0) is 9.68. The first-order chi connectivity index (χ1) is 6.25. The number of nitrogens with one attached hydrogen (secondary N) is 2. The summed E-state index contributed by atoms with van der Waals surface area (Å²) in [4.78, 5) is 0. The minimum atomic E-state index is -0.679. The van der Waals surface area contributed by atoms with Gasteiger partial charge in [-0.2, -0.15) is 0 Å². The van der Waals surface area contributed by atoms with Gasteiger partial charge in [0.15, 0.2) is 0 Å². The van der Waals surface area contributed by atoms with E-state index in [2.05, 4.69) is 10.6 Å². The van der Waals surface area contributed by atoms with Crippen LogP contribution in [0.5, 0.6) is 0 Å². The van der Waals surface area contributed by atoms with E-state index in [0.717, 1.165) is 6.54 Å². The summed E-state index contributed by atoms with van der Waals surface area (Å²) in [6, 6.07) is -0.0753. The van der Waals surface area contributed by atoms with E-state index in [1.807, 2.05) is 0 Å². The van der Waals surface area contributed by atoms with E-state index in [9.17, 15) is 10.2 Å². The minimum absolute atomic E-state index is 0.0753. The lowest BCUT2D eigenvalue weighted by Gasteiger charge is -2.16. The summed E-state index contributed by atoms with van der Waals surface area (Å²) in [5.41, 5.74) is 0. The molecule has 78 valence electrons. The van der Waals surface area contributed by atoms with Crippen molar-refractivity contribution in [3.8, 4) is 0 Å². The van der Waals surface area contributed by atoms with Crippen LogP contribution in [0, 0.1) is 0 Å². The van der Waals surface area contributed by atoms with Gasteiger partial charge in [0.05, 0.1) is 12.2 Å². The van der Waals surface area contributed by atoms with E-state index >= 15 is 0 Å². The molecule has 1 saturated heterocycles. The van der Waals surface area contributed by atoms with Crippen LogP contribution in [-0.2, 0) is 0 Å². The van der Waals surface area contributed by atoms with Crippen molar-refractivity contribution < 1.29 is 15.3 Å². The molecule has 1 rings (SSSR count). The third-order valence-corrected chi connectivity index (χ3v) is 2.27. The van der Waals surface area contributed by atoms with Crippen LogP contribution in [0.25, 0.3) is 0 Å². The van der Waals surface area contributed by atoms with Gasteiger partial charge in [-0.1, -0.05) is 0 Å². The Balaban J connectivity index is 2.08. The fraction of sp³-hybridized carbons (Fsp3) is 1.00. The van der Waals surface area contributed by atoms with Crippen molar-refractivity contribution in [2.24, 2.45) is 0 Å². The summed E-state index contributed by atoms with van der Waals surface area (Å²) in [5.74, 6) is 0. The first-order valence-electron chi connectivity index (χ1n) is 4.67. The van der Waals surface area contributed by atoms with Crippen molar-refractivity contribution in [3.05, 3.63) is 0 Å². The fourth-order valence-electron chi connectivity index (χ4n) is 1.44. The van der Waals surface area contributed by atoms with Gasteiger partial charge in [0.1, 0.15) is 0 Å². The highest BCUT2D eigenvalue weighted by Gasteiger charge is 2.32. The summed E-state index contributed by atoms with van der Waals surface area (Å²) in [6.07, 6.45) is -0.614. The molecule has 0 aliphatic carbocycles. The van der Waals surface area contributed by atoms with Crippen molar-refractivity contribution in [2.75, 3.05) is 26.2 Å². The van der Waals surface area contributed by atoms with Gasteiger partial charge >= 0.3 is 0 Å². The Kier molecular flexibility index (Phi) is 4.61. The van der Waals surface area contributed by atoms with E-state index in [1.54, 1.807) is 0 Å². The predicted molar refractivity (Wildman–Crippen MR) is 48.4 cm³/mol. The highest BCUT2D eigenvalue weighted by molar-refractivity contribution is 4.91. The molecule has 5 N–H and O–H groups in total. The highest BCUT2D eigenvalue weighted by atomic mass is 16.3. The van der Waals surface area contributed by atoms with Crippen molar-refractivity contribution >= 4 is 0 Å². The summed E-state index contributed by atoms with van der Waals surface area (Å²) < 4.78 is 0. The Morgan fingerprint density at radius 2 is 2.15 bits per heavy atom. The lowest BCUT2D eigenvalue weighted by Crippen LogP contribution is -2.42. The molecule has 0 saturated carbocycles. The Labute approximate surface area is 77.8 Å². The molecule has 1 fully saturated rings. The average Bonchev–Trinajstić information content (AvgIpc) is 2.43. The second-order valence-corrected chi connectivity index (χ2v) is 3.35. The lowest BCUT2D eigenvalue weighted by atomic mass is 10.1. The Bertz CT molecular complexity index is 145. The smallest absolute Gasteiger partial charge is 0.0976 e. The molecule has 13 heavy (non-hydrogen) atoms. The molecule has 0 aromatic carbocycles. The van der Waals surface area contributed by atoms with Gasteiger partial charge in [-0.15, -0.1) is 0 Å². The molecule has 0 bridgehead atoms. The Hall–Kier alpha value is -0.200. The van der Waals surface area contributed by atoms with Gasteiger partial charge in [-0.05, 0) is 13.0 Å². The third kappa shape index (κ3) is 3.21. The molecule has 0 spiro atoms. The van der Waals surface area contributed by atoms with Crippen LogP contribution < -0.4 is 10.6 Å². The Morgan fingerprint density at radius 3 is 2.69 bits per heavy atom. The molecule has 0 aromatic rings. The number of rotatable bonds is 5. The first kappa shape index (κ1) is 10.9. The van der Waals surface area contributed by atoms with Crippen LogP contribution in [0.3, 0.4) is 0 Å². The second-order valence-electron chi connectivity index (χ2n) is 3.35. The minimum Gasteiger partial charge on any atom is -0.396 e. The molecule has 1 aliphatic rings. The van der Waals surface area contributed by atoms with Crippen molar-refractivity contribution in [1.82, 2.24) is 10.6 Å². The number of hydrogen-bond donors (Lipinski definition) is 5. The topological polar surface area (TPSA) is 84.8 Å². The van der Waals surface area contributed by atoms with E-state index in [-0.39, 0.29) is 12.6 Å². The summed E-state index contributed by atoms with van der Waals surface area (Å²) in [7, 11) is 0. The van der Waals surface area contributed by atoms with Gasteiger partial charge in [0, 0.05) is 25.7 Å². The van der Waals surface area contributed by atoms with Crippen molar-refractivity contribution in [3.63, 3.8) is 0 Å². The lowest BCUT2D eigenvalue weighted by molar-refractivity contribution is 0.0407. The van der Waals surface area contributed by atoms with Crippen LogP contribution in [-0.4, -0.2) is 59.8 Å². The zero-order valence-corrected chi connectivity index (χ0v) is 7.61. The van der Waals surface area contributed by atoms with E-state index in [4.69, 9.17) is 5.11 Å². The molecule has 1 aliphatic heterocycles. The monoisotopic (exact) mass is 190 g/mol. The Morgan fingerprint density at radius 1 is 1.38 bits per heavy atom. The van der Waals surface area contributed by atoms with E-state index < -0.39 is 12.2 Å². The van der Waals surface area contributed by atoms with Gasteiger partial charge in [-0.3, -0.25) is 0 Å². The maximum atomic E-state index is 9.41. The van der Waals surface area contributed by atoms with Crippen LogP contribution in [0.15, 0.2) is 0 Å². The normalized spacial score (nSPS) is 33.9. The van der Waals surface area contributed by atoms with Gasteiger partial charge in [-0.25, -0.2) is 0 Å². The van der Waals surface area contributed by atoms with Crippen molar-refractivity contribution in [1.29, 1.82) is 0 Å². The summed E-state index contributed by atoms with van der Waals surface area (Å²) in [5, 5.41) is 33.2. The van der Waals surface area contributed by atoms with Gasteiger partial charge in [0.25, 0.3) is 0 Å². The van der Waals surface area contributed by atoms with Crippen LogP contribution in [0.4, 0.5) is 0 Å². The van der Waals surface area contributed by atoms with E-state index in [1.165, 1.54) is 0 Å². The maximum absolute atomic E-state index is 9.41. The molecule has 0 aromatic heterocycles. The molecule has 0 unspecified atom stereocenters. The molecule has 1 heterocycles. The van der Waals surface area contributed by atoms with E-state index in [0.29, 0.717) is 19.5 Å². The standard InChI is InChI=1S/C8H18N2O3/c11-3-1-2-9-4-6-8(13)7(12)5-10-6/h6-13H,1-5H2/t6-,7-,8-/m1/s1. The molecule has 5 nitrogen and oxygen atoms in total. The largest absolute Gasteiger partial charge is 0.396 e. The second kappa shape index (κ2) is 5.51. The number of aliphatic hydroxyl groups excluding tert-OH is 3. The molecule has 3 atom stereocenters. The maximum Gasteiger partial charge on any atom is 0.0976 e. The fourth-order valence-corrected chi connectivity index (χ4v) is 1.44. The number of aliphatic hydroxyl groups is 3. The summed E-state index contributed by atoms with van der Waals surface area (Å²) >= 11 is 0. The van der Waals surface area contributed by atoms with Crippen LogP contribution in [0.2, 0.25) is 0 Å². The highest BCUT2D eigenvalue weighted by Crippen LogP contribution is 2.06. The van der Waals surface area contributed by atoms with Gasteiger partial charge < -0.3 is 26.0 Å². The number of hydrogen-bond acceptors (Lipinski definition) is 5. The molecule has 0 amide bonds. The zero-order valence-electron chi connectivity index (χ0n) is 7.61. The summed E-state index contributed by atoms with van der Waals surface area (Å²) in [6.45, 7) is 1.99. The SMILES string of the molecule is OCCCNC[C@H]1NC[C@@H](O)[C@@H]1O.